The van der Waals surface area contributed by atoms with Crippen molar-refractivity contribution in [3.05, 3.63) is 24.3 Å². The summed E-state index contributed by atoms with van der Waals surface area (Å²) < 4.78 is 0. The lowest BCUT2D eigenvalue weighted by Gasteiger charge is -2.35. The Morgan fingerprint density at radius 1 is 1.37 bits per heavy atom. The number of hydrogen-bond acceptors (Lipinski definition) is 3. The number of nitrogen functional groups attached to an aromatic ring is 1. The third kappa shape index (κ3) is 4.16. The maximum Gasteiger partial charge on any atom is 0.232 e. The molecule has 0 aliphatic carbocycles. The summed E-state index contributed by atoms with van der Waals surface area (Å²) in [6.45, 7) is 6.25. The predicted octanol–water partition coefficient (Wildman–Crippen LogP) is 2.87. The molecular formula is C15H22N2OS. The standard InChI is InChI=1S/C15H22N2OS/c1-11-6-12(2)9-17(8-11)15(18)10-19-14-5-3-4-13(16)7-14/h3-5,7,11-12H,6,8-10,16H2,1-2H3. The van der Waals surface area contributed by atoms with Gasteiger partial charge in [0.1, 0.15) is 0 Å². The Balaban J connectivity index is 1.87. The van der Waals surface area contributed by atoms with E-state index in [0.29, 0.717) is 17.6 Å². The van der Waals surface area contributed by atoms with E-state index in [9.17, 15) is 4.79 Å². The smallest absolute Gasteiger partial charge is 0.232 e. The third-order valence-electron chi connectivity index (χ3n) is 3.44. The first kappa shape index (κ1) is 14.3. The van der Waals surface area contributed by atoms with E-state index >= 15 is 0 Å². The zero-order valence-corrected chi connectivity index (χ0v) is 12.5. The summed E-state index contributed by atoms with van der Waals surface area (Å²) in [6.07, 6.45) is 1.23. The van der Waals surface area contributed by atoms with Crippen LogP contribution in [0.25, 0.3) is 0 Å². The van der Waals surface area contributed by atoms with Gasteiger partial charge in [-0.2, -0.15) is 0 Å². The van der Waals surface area contributed by atoms with Gasteiger partial charge in [-0.15, -0.1) is 11.8 Å². The molecule has 0 radical (unpaired) electrons. The summed E-state index contributed by atoms with van der Waals surface area (Å²) in [5.41, 5.74) is 6.48. The van der Waals surface area contributed by atoms with E-state index in [0.717, 1.165) is 23.7 Å². The van der Waals surface area contributed by atoms with Crippen molar-refractivity contribution in [1.29, 1.82) is 0 Å². The number of carbonyl (C=O) groups is 1. The van der Waals surface area contributed by atoms with Gasteiger partial charge in [-0.1, -0.05) is 19.9 Å². The second kappa shape index (κ2) is 6.33. The minimum absolute atomic E-state index is 0.242. The summed E-state index contributed by atoms with van der Waals surface area (Å²) in [6, 6.07) is 7.70. The fraction of sp³-hybridized carbons (Fsp3) is 0.533. The minimum Gasteiger partial charge on any atom is -0.399 e. The van der Waals surface area contributed by atoms with Gasteiger partial charge in [0, 0.05) is 23.7 Å². The lowest BCUT2D eigenvalue weighted by Crippen LogP contribution is -2.43. The lowest BCUT2D eigenvalue weighted by molar-refractivity contribution is -0.130. The molecule has 2 rings (SSSR count). The largest absolute Gasteiger partial charge is 0.399 e. The SMILES string of the molecule is CC1CC(C)CN(C(=O)CSc2cccc(N)c2)C1. The van der Waals surface area contributed by atoms with Crippen molar-refractivity contribution >= 4 is 23.4 Å². The second-order valence-electron chi connectivity index (χ2n) is 5.61. The topological polar surface area (TPSA) is 46.3 Å². The van der Waals surface area contributed by atoms with Crippen molar-refractivity contribution in [3.63, 3.8) is 0 Å². The highest BCUT2D eigenvalue weighted by Gasteiger charge is 2.25. The van der Waals surface area contributed by atoms with Crippen LogP contribution in [0.15, 0.2) is 29.2 Å². The van der Waals surface area contributed by atoms with Gasteiger partial charge in [0.15, 0.2) is 0 Å². The second-order valence-corrected chi connectivity index (χ2v) is 6.65. The van der Waals surface area contributed by atoms with Gasteiger partial charge in [-0.05, 0) is 36.5 Å². The van der Waals surface area contributed by atoms with Crippen LogP contribution in [0.2, 0.25) is 0 Å². The van der Waals surface area contributed by atoms with Crippen LogP contribution in [0.3, 0.4) is 0 Å². The molecule has 0 spiro atoms. The summed E-state index contributed by atoms with van der Waals surface area (Å²) in [5, 5.41) is 0. The van der Waals surface area contributed by atoms with E-state index < -0.39 is 0 Å². The molecule has 3 nitrogen and oxygen atoms in total. The molecular weight excluding hydrogens is 256 g/mol. The average Bonchev–Trinajstić information content (AvgIpc) is 2.35. The van der Waals surface area contributed by atoms with Gasteiger partial charge in [-0.3, -0.25) is 4.79 Å². The Kier molecular flexibility index (Phi) is 4.75. The van der Waals surface area contributed by atoms with Crippen molar-refractivity contribution < 1.29 is 4.79 Å². The molecule has 19 heavy (non-hydrogen) atoms. The molecule has 1 aromatic rings. The number of rotatable bonds is 3. The molecule has 1 amide bonds. The van der Waals surface area contributed by atoms with E-state index in [1.165, 1.54) is 6.42 Å². The molecule has 1 fully saturated rings. The number of piperidine rings is 1. The van der Waals surface area contributed by atoms with Crippen LogP contribution in [0, 0.1) is 11.8 Å². The maximum absolute atomic E-state index is 12.2. The van der Waals surface area contributed by atoms with Crippen molar-refractivity contribution in [3.8, 4) is 0 Å². The normalized spacial score (nSPS) is 23.4. The zero-order valence-electron chi connectivity index (χ0n) is 11.6. The highest BCUT2D eigenvalue weighted by molar-refractivity contribution is 8.00. The molecule has 0 saturated carbocycles. The number of nitrogens with zero attached hydrogens (tertiary/aromatic N) is 1. The van der Waals surface area contributed by atoms with Crippen LogP contribution in [0.1, 0.15) is 20.3 Å². The van der Waals surface area contributed by atoms with Crippen LogP contribution >= 0.6 is 11.8 Å². The molecule has 2 atom stereocenters. The number of hydrogen-bond donors (Lipinski definition) is 1. The molecule has 1 saturated heterocycles. The van der Waals surface area contributed by atoms with Crippen LogP contribution in [-0.4, -0.2) is 29.6 Å². The fourth-order valence-corrected chi connectivity index (χ4v) is 3.57. The molecule has 1 heterocycles. The van der Waals surface area contributed by atoms with E-state index in [-0.39, 0.29) is 5.91 Å². The monoisotopic (exact) mass is 278 g/mol. The van der Waals surface area contributed by atoms with E-state index in [1.54, 1.807) is 11.8 Å². The maximum atomic E-state index is 12.2. The Labute approximate surface area is 119 Å². The predicted molar refractivity (Wildman–Crippen MR) is 81.1 cm³/mol. The van der Waals surface area contributed by atoms with Crippen molar-refractivity contribution in [2.45, 2.75) is 25.2 Å². The molecule has 1 aliphatic heterocycles. The van der Waals surface area contributed by atoms with Crippen LogP contribution in [0.5, 0.6) is 0 Å². The van der Waals surface area contributed by atoms with Gasteiger partial charge < -0.3 is 10.6 Å². The van der Waals surface area contributed by atoms with Gasteiger partial charge >= 0.3 is 0 Å². The Hall–Kier alpha value is -1.16. The quantitative estimate of drug-likeness (QED) is 0.683. The number of amides is 1. The number of nitrogens with two attached hydrogens (primary N) is 1. The Morgan fingerprint density at radius 3 is 2.68 bits per heavy atom. The fourth-order valence-electron chi connectivity index (χ4n) is 2.71. The van der Waals surface area contributed by atoms with Crippen LogP contribution in [0.4, 0.5) is 5.69 Å². The summed E-state index contributed by atoms with van der Waals surface area (Å²) in [5.74, 6) is 1.98. The first-order chi connectivity index (χ1) is 9.04. The van der Waals surface area contributed by atoms with Crippen molar-refractivity contribution in [2.75, 3.05) is 24.6 Å². The first-order valence-electron chi connectivity index (χ1n) is 6.80. The third-order valence-corrected chi connectivity index (χ3v) is 4.42. The van der Waals surface area contributed by atoms with Crippen molar-refractivity contribution in [1.82, 2.24) is 4.90 Å². The van der Waals surface area contributed by atoms with Crippen LogP contribution in [-0.2, 0) is 4.79 Å². The van der Waals surface area contributed by atoms with E-state index in [4.69, 9.17) is 5.73 Å². The van der Waals surface area contributed by atoms with Gasteiger partial charge in [0.2, 0.25) is 5.91 Å². The number of thioether (sulfide) groups is 1. The molecule has 104 valence electrons. The molecule has 0 aromatic heterocycles. The molecule has 2 unspecified atom stereocenters. The van der Waals surface area contributed by atoms with E-state index in [2.05, 4.69) is 13.8 Å². The Morgan fingerprint density at radius 2 is 2.05 bits per heavy atom. The van der Waals surface area contributed by atoms with Crippen molar-refractivity contribution in [2.24, 2.45) is 11.8 Å². The van der Waals surface area contributed by atoms with Gasteiger partial charge in [0.25, 0.3) is 0 Å². The number of likely N-dealkylation sites (tertiary alicyclic amines) is 1. The number of benzene rings is 1. The van der Waals surface area contributed by atoms with Crippen LogP contribution < -0.4 is 5.73 Å². The number of carbonyl (C=O) groups excluding carboxylic acids is 1. The average molecular weight is 278 g/mol. The molecule has 1 aliphatic rings. The minimum atomic E-state index is 0.242. The summed E-state index contributed by atoms with van der Waals surface area (Å²) in [7, 11) is 0. The zero-order chi connectivity index (χ0) is 13.8. The Bertz CT molecular complexity index is 440. The molecule has 0 bridgehead atoms. The van der Waals surface area contributed by atoms with E-state index in [1.807, 2.05) is 29.2 Å². The summed E-state index contributed by atoms with van der Waals surface area (Å²) >= 11 is 1.57. The highest BCUT2D eigenvalue weighted by atomic mass is 32.2. The highest BCUT2D eigenvalue weighted by Crippen LogP contribution is 2.24. The molecule has 4 heteroatoms. The number of anilines is 1. The molecule has 1 aromatic carbocycles. The molecule has 2 N–H and O–H groups in total. The first-order valence-corrected chi connectivity index (χ1v) is 7.79. The summed E-state index contributed by atoms with van der Waals surface area (Å²) in [4.78, 5) is 15.3. The van der Waals surface area contributed by atoms with Gasteiger partial charge in [-0.25, -0.2) is 0 Å². The lowest BCUT2D eigenvalue weighted by atomic mass is 9.92. The van der Waals surface area contributed by atoms with Gasteiger partial charge in [0.05, 0.1) is 5.75 Å².